The van der Waals surface area contributed by atoms with Gasteiger partial charge in [0.1, 0.15) is 23.0 Å². The number of rotatable bonds is 10. The zero-order chi connectivity index (χ0) is 44.2. The Kier molecular flexibility index (Phi) is 9.39. The maximum absolute atomic E-state index is 6.53. The predicted molar refractivity (Wildman–Crippen MR) is 273 cm³/mol. The molecule has 0 bridgehead atoms. The molecule has 4 heteroatoms. The van der Waals surface area contributed by atoms with Gasteiger partial charge in [0.25, 0.3) is 0 Å². The molecule has 4 nitrogen and oxygen atoms in total. The van der Waals surface area contributed by atoms with Crippen molar-refractivity contribution >= 4 is 44.9 Å². The topological polar surface area (TPSA) is 28.3 Å². The number of aromatic nitrogens is 2. The maximum Gasteiger partial charge on any atom is 0.127 e. The number of ether oxygens (including phenoxy) is 2. The Morgan fingerprint density at radius 3 is 1.24 bits per heavy atom. The lowest BCUT2D eigenvalue weighted by atomic mass is 9.68. The summed E-state index contributed by atoms with van der Waals surface area (Å²) in [6.07, 6.45) is 6.17. The van der Waals surface area contributed by atoms with Gasteiger partial charge in [-0.15, -0.1) is 0 Å². The van der Waals surface area contributed by atoms with E-state index < -0.39 is 5.41 Å². The first-order chi connectivity index (χ1) is 32.6. The van der Waals surface area contributed by atoms with E-state index in [1.807, 2.05) is 25.1 Å². The molecule has 2 heterocycles. The van der Waals surface area contributed by atoms with Gasteiger partial charge in [0, 0.05) is 33.1 Å². The standard InChI is InChI=1S/C62H44N2O2/c1-3-15-52-53-18-7-12-23-59(53)63(58(52)4-2)44-30-38-48(39-31-44)65-46-34-26-42(27-35-46)62(56-21-10-5-16-50(56)51-17-6-11-22-57(51)62)43-28-36-47(37-29-43)66-49-40-32-45(33-41-49)64-60-24-13-8-19-54(60)55-20-9-14-25-61(55)64/h3-41H,2H2,1H3/b15-3-. The molecule has 0 fully saturated rings. The minimum Gasteiger partial charge on any atom is -0.457 e. The fraction of sp³-hybridized carbons (Fsp3) is 0.0323. The molecular weight excluding hydrogens is 805 g/mol. The molecule has 0 atom stereocenters. The molecule has 1 aliphatic rings. The average Bonchev–Trinajstić information content (AvgIpc) is 3.99. The zero-order valence-electron chi connectivity index (χ0n) is 36.4. The van der Waals surface area contributed by atoms with Crippen LogP contribution in [-0.2, 0) is 5.41 Å². The molecule has 0 radical (unpaired) electrons. The average molecular weight is 849 g/mol. The fourth-order valence-electron chi connectivity index (χ4n) is 10.5. The molecule has 0 amide bonds. The van der Waals surface area contributed by atoms with Crippen molar-refractivity contribution in [3.63, 3.8) is 0 Å². The van der Waals surface area contributed by atoms with Gasteiger partial charge in [-0.2, -0.15) is 0 Å². The van der Waals surface area contributed by atoms with Crippen LogP contribution in [0.15, 0.2) is 231 Å². The van der Waals surface area contributed by atoms with Gasteiger partial charge in [-0.3, -0.25) is 0 Å². The van der Waals surface area contributed by atoms with E-state index in [1.165, 1.54) is 49.4 Å². The van der Waals surface area contributed by atoms with E-state index in [2.05, 4.69) is 234 Å². The Morgan fingerprint density at radius 2 is 0.788 bits per heavy atom. The van der Waals surface area contributed by atoms with Gasteiger partial charge in [-0.05, 0) is 137 Å². The van der Waals surface area contributed by atoms with Gasteiger partial charge in [0.05, 0.1) is 27.7 Å². The molecule has 0 saturated heterocycles. The summed E-state index contributed by atoms with van der Waals surface area (Å²) < 4.78 is 17.6. The van der Waals surface area contributed by atoms with Crippen molar-refractivity contribution in [3.8, 4) is 45.5 Å². The first kappa shape index (κ1) is 39.0. The number of fused-ring (bicyclic) bond motifs is 7. The molecule has 12 rings (SSSR count). The van der Waals surface area contributed by atoms with Crippen LogP contribution in [0, 0.1) is 0 Å². The minimum atomic E-state index is -0.565. The van der Waals surface area contributed by atoms with Crippen molar-refractivity contribution < 1.29 is 9.47 Å². The molecule has 1 aliphatic carbocycles. The van der Waals surface area contributed by atoms with E-state index in [-0.39, 0.29) is 0 Å². The number of hydrogen-bond donors (Lipinski definition) is 0. The van der Waals surface area contributed by atoms with Gasteiger partial charge >= 0.3 is 0 Å². The maximum atomic E-state index is 6.53. The lowest BCUT2D eigenvalue weighted by Crippen LogP contribution is -2.28. The molecule has 9 aromatic carbocycles. The number of nitrogens with zero attached hydrogens (tertiary/aromatic N) is 2. The lowest BCUT2D eigenvalue weighted by Gasteiger charge is -2.34. The summed E-state index contributed by atoms with van der Waals surface area (Å²) in [6, 6.07) is 77.2. The van der Waals surface area contributed by atoms with Crippen LogP contribution in [-0.4, -0.2) is 9.13 Å². The Bertz CT molecular complexity index is 3550. The van der Waals surface area contributed by atoms with Crippen molar-refractivity contribution in [2.45, 2.75) is 12.3 Å². The molecule has 66 heavy (non-hydrogen) atoms. The van der Waals surface area contributed by atoms with Crippen LogP contribution in [0.2, 0.25) is 0 Å². The second kappa shape index (κ2) is 15.9. The summed E-state index contributed by atoms with van der Waals surface area (Å²) in [5, 5.41) is 3.68. The summed E-state index contributed by atoms with van der Waals surface area (Å²) in [5.41, 5.74) is 14.6. The van der Waals surface area contributed by atoms with Crippen molar-refractivity contribution in [3.05, 3.63) is 265 Å². The van der Waals surface area contributed by atoms with Crippen molar-refractivity contribution in [2.75, 3.05) is 0 Å². The summed E-state index contributed by atoms with van der Waals surface area (Å²) in [4.78, 5) is 0. The monoisotopic (exact) mass is 848 g/mol. The van der Waals surface area contributed by atoms with Crippen LogP contribution in [0.4, 0.5) is 0 Å². The summed E-state index contributed by atoms with van der Waals surface area (Å²) >= 11 is 0. The van der Waals surface area contributed by atoms with Crippen LogP contribution >= 0.6 is 0 Å². The largest absolute Gasteiger partial charge is 0.457 e. The Hall–Kier alpha value is -8.60. The Balaban J connectivity index is 0.854. The van der Waals surface area contributed by atoms with Gasteiger partial charge in [0.2, 0.25) is 0 Å². The summed E-state index contributed by atoms with van der Waals surface area (Å²) in [5.74, 6) is 3.08. The molecule has 0 N–H and O–H groups in total. The van der Waals surface area contributed by atoms with E-state index in [9.17, 15) is 0 Å². The van der Waals surface area contributed by atoms with Crippen LogP contribution in [0.3, 0.4) is 0 Å². The number of benzene rings is 9. The van der Waals surface area contributed by atoms with E-state index in [0.29, 0.717) is 0 Å². The molecule has 314 valence electrons. The molecule has 0 spiro atoms. The third kappa shape index (κ3) is 6.14. The van der Waals surface area contributed by atoms with Crippen LogP contribution < -0.4 is 9.47 Å². The van der Waals surface area contributed by atoms with E-state index in [4.69, 9.17) is 9.47 Å². The second-order valence-electron chi connectivity index (χ2n) is 16.8. The molecule has 0 unspecified atom stereocenters. The van der Waals surface area contributed by atoms with Crippen LogP contribution in [0.1, 0.15) is 40.4 Å². The number of allylic oxidation sites excluding steroid dienone is 1. The van der Waals surface area contributed by atoms with Gasteiger partial charge < -0.3 is 18.6 Å². The SMILES string of the molecule is C=Cc1c(/C=C\C)c2ccccc2n1-c1ccc(Oc2ccc(C3(c4ccc(Oc5ccc(-n6c7ccccc7c7ccccc76)cc5)cc4)c4ccccc4-c4ccccc43)cc2)cc1. The highest BCUT2D eigenvalue weighted by molar-refractivity contribution is 6.09. The molecule has 11 aromatic rings. The van der Waals surface area contributed by atoms with Crippen molar-refractivity contribution in [1.82, 2.24) is 9.13 Å². The van der Waals surface area contributed by atoms with Gasteiger partial charge in [-0.1, -0.05) is 146 Å². The van der Waals surface area contributed by atoms with Gasteiger partial charge in [0.15, 0.2) is 0 Å². The minimum absolute atomic E-state index is 0.565. The zero-order valence-corrected chi connectivity index (χ0v) is 36.4. The van der Waals surface area contributed by atoms with Gasteiger partial charge in [-0.25, -0.2) is 0 Å². The van der Waals surface area contributed by atoms with E-state index >= 15 is 0 Å². The third-order valence-electron chi connectivity index (χ3n) is 13.2. The normalized spacial score (nSPS) is 12.7. The van der Waals surface area contributed by atoms with Crippen molar-refractivity contribution in [1.29, 1.82) is 0 Å². The molecule has 0 aliphatic heterocycles. The summed E-state index contributed by atoms with van der Waals surface area (Å²) in [7, 11) is 0. The summed E-state index contributed by atoms with van der Waals surface area (Å²) in [6.45, 7) is 6.22. The second-order valence-corrected chi connectivity index (χ2v) is 16.8. The smallest absolute Gasteiger partial charge is 0.127 e. The van der Waals surface area contributed by atoms with Crippen LogP contribution in [0.25, 0.3) is 67.4 Å². The predicted octanol–water partition coefficient (Wildman–Crippen LogP) is 16.4. The van der Waals surface area contributed by atoms with E-state index in [0.717, 1.165) is 62.3 Å². The van der Waals surface area contributed by atoms with Crippen LogP contribution in [0.5, 0.6) is 23.0 Å². The lowest BCUT2D eigenvalue weighted by molar-refractivity contribution is 0.482. The third-order valence-corrected chi connectivity index (χ3v) is 13.2. The molecule has 0 saturated carbocycles. The first-order valence-electron chi connectivity index (χ1n) is 22.5. The number of hydrogen-bond acceptors (Lipinski definition) is 2. The molecule has 2 aromatic heterocycles. The molecular formula is C62H44N2O2. The highest BCUT2D eigenvalue weighted by atomic mass is 16.5. The number of para-hydroxylation sites is 3. The highest BCUT2D eigenvalue weighted by Crippen LogP contribution is 2.56. The Morgan fingerprint density at radius 1 is 0.409 bits per heavy atom. The van der Waals surface area contributed by atoms with Crippen molar-refractivity contribution in [2.24, 2.45) is 0 Å². The quantitative estimate of drug-likeness (QED) is 0.137. The first-order valence-corrected chi connectivity index (χ1v) is 22.5. The Labute approximate surface area is 384 Å². The van der Waals surface area contributed by atoms with E-state index in [1.54, 1.807) is 0 Å². The highest BCUT2D eigenvalue weighted by Gasteiger charge is 2.46. The fourth-order valence-corrected chi connectivity index (χ4v) is 10.5.